The molecule has 0 bridgehead atoms. The molecule has 0 spiro atoms. The Bertz CT molecular complexity index is 367. The Kier molecular flexibility index (Phi) is 3.32. The topological polar surface area (TPSA) is 21.3 Å². The number of rotatable bonds is 3. The third-order valence-electron chi connectivity index (χ3n) is 3.02. The molecule has 1 aromatic carbocycles. The molecule has 88 valence electrons. The van der Waals surface area contributed by atoms with Gasteiger partial charge < -0.3 is 10.1 Å². The van der Waals surface area contributed by atoms with Crippen LogP contribution in [0.1, 0.15) is 33.1 Å². The second-order valence-corrected chi connectivity index (χ2v) is 4.24. The molecule has 0 amide bonds. The number of hydrogen-bond acceptors (Lipinski definition) is 2. The fourth-order valence-corrected chi connectivity index (χ4v) is 2.16. The number of anilines is 1. The van der Waals surface area contributed by atoms with E-state index in [2.05, 4.69) is 19.2 Å². The average Bonchev–Trinajstić information content (AvgIpc) is 2.28. The second-order valence-electron chi connectivity index (χ2n) is 4.24. The summed E-state index contributed by atoms with van der Waals surface area (Å²) in [7, 11) is 0. The van der Waals surface area contributed by atoms with Crippen LogP contribution in [0.25, 0.3) is 0 Å². The van der Waals surface area contributed by atoms with Gasteiger partial charge in [-0.3, -0.25) is 0 Å². The average molecular weight is 223 g/mol. The fraction of sp³-hybridized carbons (Fsp3) is 0.538. The highest BCUT2D eigenvalue weighted by Crippen LogP contribution is 2.33. The molecule has 0 aliphatic carbocycles. The van der Waals surface area contributed by atoms with Gasteiger partial charge in [0.05, 0.1) is 11.7 Å². The first kappa shape index (κ1) is 11.2. The van der Waals surface area contributed by atoms with Crippen LogP contribution < -0.4 is 10.1 Å². The van der Waals surface area contributed by atoms with Crippen LogP contribution in [-0.2, 0) is 0 Å². The van der Waals surface area contributed by atoms with Gasteiger partial charge in [0.25, 0.3) is 0 Å². The Balaban J connectivity index is 2.23. The summed E-state index contributed by atoms with van der Waals surface area (Å²) in [6, 6.07) is 4.99. The van der Waals surface area contributed by atoms with Crippen LogP contribution >= 0.6 is 0 Å². The number of ether oxygens (including phenoxy) is 1. The Labute approximate surface area is 95.8 Å². The lowest BCUT2D eigenvalue weighted by Crippen LogP contribution is -2.40. The fourth-order valence-electron chi connectivity index (χ4n) is 2.16. The van der Waals surface area contributed by atoms with Crippen molar-refractivity contribution in [2.75, 3.05) is 5.32 Å². The van der Waals surface area contributed by atoms with Gasteiger partial charge >= 0.3 is 0 Å². The lowest BCUT2D eigenvalue weighted by Gasteiger charge is -2.34. The van der Waals surface area contributed by atoms with E-state index in [0.717, 1.165) is 24.9 Å². The molecule has 16 heavy (non-hydrogen) atoms. The Morgan fingerprint density at radius 3 is 2.88 bits per heavy atom. The molecule has 2 unspecified atom stereocenters. The Morgan fingerprint density at radius 1 is 1.38 bits per heavy atom. The van der Waals surface area contributed by atoms with Crippen molar-refractivity contribution in [2.24, 2.45) is 0 Å². The molecule has 2 rings (SSSR count). The molecule has 0 aromatic heterocycles. The second kappa shape index (κ2) is 4.73. The summed E-state index contributed by atoms with van der Waals surface area (Å²) in [5, 5.41) is 3.42. The van der Waals surface area contributed by atoms with Gasteiger partial charge in [-0.25, -0.2) is 4.39 Å². The van der Waals surface area contributed by atoms with E-state index in [1.54, 1.807) is 6.07 Å². The van der Waals surface area contributed by atoms with E-state index in [9.17, 15) is 4.39 Å². The maximum atomic E-state index is 13.1. The Morgan fingerprint density at radius 2 is 2.19 bits per heavy atom. The van der Waals surface area contributed by atoms with Crippen molar-refractivity contribution in [1.29, 1.82) is 0 Å². The van der Waals surface area contributed by atoms with Crippen molar-refractivity contribution < 1.29 is 9.13 Å². The van der Waals surface area contributed by atoms with Crippen LogP contribution in [0.5, 0.6) is 5.75 Å². The molecular weight excluding hydrogens is 205 g/mol. The molecule has 0 saturated carbocycles. The van der Waals surface area contributed by atoms with E-state index in [4.69, 9.17) is 4.74 Å². The molecule has 2 nitrogen and oxygen atoms in total. The van der Waals surface area contributed by atoms with Gasteiger partial charge in [-0.15, -0.1) is 0 Å². The lowest BCUT2D eigenvalue weighted by atomic mass is 10.0. The summed E-state index contributed by atoms with van der Waals surface area (Å²) >= 11 is 0. The maximum absolute atomic E-state index is 13.1. The monoisotopic (exact) mass is 223 g/mol. The molecule has 0 fully saturated rings. The Hall–Kier alpha value is -1.25. The van der Waals surface area contributed by atoms with E-state index in [1.165, 1.54) is 12.1 Å². The largest absolute Gasteiger partial charge is 0.486 e. The minimum atomic E-state index is -0.245. The SMILES string of the molecule is CCCC1Oc2cc(F)ccc2NC1CC. The summed E-state index contributed by atoms with van der Waals surface area (Å²) < 4.78 is 18.9. The van der Waals surface area contributed by atoms with Gasteiger partial charge in [0.15, 0.2) is 0 Å². The normalized spacial score (nSPS) is 23.2. The summed E-state index contributed by atoms with van der Waals surface area (Å²) in [4.78, 5) is 0. The van der Waals surface area contributed by atoms with Crippen molar-refractivity contribution >= 4 is 5.69 Å². The van der Waals surface area contributed by atoms with Gasteiger partial charge in [0.1, 0.15) is 17.7 Å². The highest BCUT2D eigenvalue weighted by atomic mass is 19.1. The zero-order chi connectivity index (χ0) is 11.5. The molecular formula is C13H18FNO. The quantitative estimate of drug-likeness (QED) is 0.845. The van der Waals surface area contributed by atoms with Crippen LogP contribution in [0.3, 0.4) is 0 Å². The predicted octanol–water partition coefficient (Wildman–Crippen LogP) is 3.58. The van der Waals surface area contributed by atoms with Crippen molar-refractivity contribution in [1.82, 2.24) is 0 Å². The number of fused-ring (bicyclic) bond motifs is 1. The van der Waals surface area contributed by atoms with Crippen molar-refractivity contribution in [2.45, 2.75) is 45.3 Å². The number of benzene rings is 1. The smallest absolute Gasteiger partial charge is 0.145 e. The molecule has 1 aliphatic rings. The zero-order valence-electron chi connectivity index (χ0n) is 9.79. The van der Waals surface area contributed by atoms with Crippen molar-refractivity contribution in [3.05, 3.63) is 24.0 Å². The zero-order valence-corrected chi connectivity index (χ0v) is 9.79. The minimum Gasteiger partial charge on any atom is -0.486 e. The maximum Gasteiger partial charge on any atom is 0.145 e. The van der Waals surface area contributed by atoms with E-state index < -0.39 is 0 Å². The van der Waals surface area contributed by atoms with E-state index in [0.29, 0.717) is 11.8 Å². The van der Waals surface area contributed by atoms with Crippen LogP contribution in [0.4, 0.5) is 10.1 Å². The molecule has 1 aromatic rings. The van der Waals surface area contributed by atoms with Crippen LogP contribution in [0.2, 0.25) is 0 Å². The number of nitrogens with one attached hydrogen (secondary N) is 1. The highest BCUT2D eigenvalue weighted by molar-refractivity contribution is 5.58. The van der Waals surface area contributed by atoms with Crippen molar-refractivity contribution in [3.8, 4) is 5.75 Å². The minimum absolute atomic E-state index is 0.157. The molecule has 1 aliphatic heterocycles. The molecule has 2 atom stereocenters. The van der Waals surface area contributed by atoms with Gasteiger partial charge in [0.2, 0.25) is 0 Å². The standard InChI is InChI=1S/C13H18FNO/c1-3-5-12-10(4-2)15-11-7-6-9(14)8-13(11)16-12/h6-8,10,12,15H,3-5H2,1-2H3. The molecule has 0 radical (unpaired) electrons. The van der Waals surface area contributed by atoms with Gasteiger partial charge in [-0.05, 0) is 25.0 Å². The van der Waals surface area contributed by atoms with Crippen molar-refractivity contribution in [3.63, 3.8) is 0 Å². The predicted molar refractivity (Wildman–Crippen MR) is 63.4 cm³/mol. The van der Waals surface area contributed by atoms with Crippen LogP contribution in [0.15, 0.2) is 18.2 Å². The summed E-state index contributed by atoms with van der Waals surface area (Å²) in [5.41, 5.74) is 0.903. The number of hydrogen-bond donors (Lipinski definition) is 1. The lowest BCUT2D eigenvalue weighted by molar-refractivity contribution is 0.155. The highest BCUT2D eigenvalue weighted by Gasteiger charge is 2.27. The van der Waals surface area contributed by atoms with Gasteiger partial charge in [-0.1, -0.05) is 20.3 Å². The van der Waals surface area contributed by atoms with Gasteiger partial charge in [-0.2, -0.15) is 0 Å². The summed E-state index contributed by atoms with van der Waals surface area (Å²) in [6.07, 6.45) is 3.25. The van der Waals surface area contributed by atoms with E-state index >= 15 is 0 Å². The summed E-state index contributed by atoms with van der Waals surface area (Å²) in [6.45, 7) is 4.27. The summed E-state index contributed by atoms with van der Waals surface area (Å²) in [5.74, 6) is 0.397. The molecule has 1 N–H and O–H groups in total. The first-order valence-corrected chi connectivity index (χ1v) is 5.97. The first-order chi connectivity index (χ1) is 7.74. The van der Waals surface area contributed by atoms with E-state index in [-0.39, 0.29) is 11.9 Å². The van der Waals surface area contributed by atoms with E-state index in [1.807, 2.05) is 0 Å². The van der Waals surface area contributed by atoms with Crippen LogP contribution in [0, 0.1) is 5.82 Å². The third-order valence-corrected chi connectivity index (χ3v) is 3.02. The third kappa shape index (κ3) is 2.13. The van der Waals surface area contributed by atoms with Crippen LogP contribution in [-0.4, -0.2) is 12.1 Å². The molecule has 3 heteroatoms. The molecule has 0 saturated heterocycles. The van der Waals surface area contributed by atoms with Gasteiger partial charge in [0, 0.05) is 6.07 Å². The number of halogens is 1. The first-order valence-electron chi connectivity index (χ1n) is 5.97. The molecule has 1 heterocycles.